The van der Waals surface area contributed by atoms with Gasteiger partial charge in [-0.25, -0.2) is 18.7 Å². The second-order valence-corrected chi connectivity index (χ2v) is 8.23. The summed E-state index contributed by atoms with van der Waals surface area (Å²) < 4.78 is 27.3. The van der Waals surface area contributed by atoms with Gasteiger partial charge in [-0.2, -0.15) is 0 Å². The van der Waals surface area contributed by atoms with E-state index in [2.05, 4.69) is 32.2 Å². The number of rotatable bonds is 5. The van der Waals surface area contributed by atoms with E-state index in [0.29, 0.717) is 42.9 Å². The molecule has 2 fully saturated rings. The molecule has 1 saturated heterocycles. The van der Waals surface area contributed by atoms with Gasteiger partial charge in [-0.3, -0.25) is 9.59 Å². The number of hydrogen-bond acceptors (Lipinski definition) is 5. The highest BCUT2D eigenvalue weighted by molar-refractivity contribution is 6.04. The first-order valence-electron chi connectivity index (χ1n) is 10.6. The molecule has 2 amide bonds. The predicted octanol–water partition coefficient (Wildman–Crippen LogP) is 2.85. The molecule has 0 spiro atoms. The SMILES string of the molecule is C=CC(=O)N1CCC(Nc2cnc3[nH]cc(C(=O)NC4CCCC(F)(F)C4)c3n2)CC1. The van der Waals surface area contributed by atoms with Gasteiger partial charge < -0.3 is 20.5 Å². The maximum absolute atomic E-state index is 13.6. The summed E-state index contributed by atoms with van der Waals surface area (Å²) >= 11 is 0. The minimum atomic E-state index is -2.74. The average Bonchev–Trinajstić information content (AvgIpc) is 3.16. The van der Waals surface area contributed by atoms with E-state index < -0.39 is 17.9 Å². The summed E-state index contributed by atoms with van der Waals surface area (Å²) in [6.07, 6.45) is 6.38. The summed E-state index contributed by atoms with van der Waals surface area (Å²) in [4.78, 5) is 37.9. The third kappa shape index (κ3) is 4.83. The molecular formula is C21H26F2N6O2. The Morgan fingerprint density at radius 2 is 2.03 bits per heavy atom. The number of halogens is 2. The van der Waals surface area contributed by atoms with Gasteiger partial charge in [0, 0.05) is 44.2 Å². The molecule has 2 aliphatic rings. The molecule has 0 radical (unpaired) electrons. The largest absolute Gasteiger partial charge is 0.366 e. The average molecular weight is 432 g/mol. The van der Waals surface area contributed by atoms with Crippen molar-refractivity contribution in [3.63, 3.8) is 0 Å². The summed E-state index contributed by atoms with van der Waals surface area (Å²) in [7, 11) is 0. The van der Waals surface area contributed by atoms with E-state index in [1.807, 2.05) is 0 Å². The smallest absolute Gasteiger partial charge is 0.255 e. The zero-order valence-electron chi connectivity index (χ0n) is 17.2. The summed E-state index contributed by atoms with van der Waals surface area (Å²) in [5.74, 6) is -2.71. The number of aromatic nitrogens is 3. The fourth-order valence-electron chi connectivity index (χ4n) is 4.27. The Hall–Kier alpha value is -3.04. The van der Waals surface area contributed by atoms with Gasteiger partial charge in [0.1, 0.15) is 11.3 Å². The molecule has 3 N–H and O–H groups in total. The normalized spacial score (nSPS) is 21.6. The Morgan fingerprint density at radius 3 is 2.74 bits per heavy atom. The summed E-state index contributed by atoms with van der Waals surface area (Å²) in [5.41, 5.74) is 1.13. The maximum atomic E-state index is 13.6. The zero-order valence-corrected chi connectivity index (χ0v) is 17.2. The van der Waals surface area contributed by atoms with Crippen molar-refractivity contribution in [2.24, 2.45) is 0 Å². The Labute approximate surface area is 178 Å². The van der Waals surface area contributed by atoms with Gasteiger partial charge in [-0.15, -0.1) is 0 Å². The molecule has 1 saturated carbocycles. The van der Waals surface area contributed by atoms with Crippen LogP contribution in [0.25, 0.3) is 11.2 Å². The molecule has 0 bridgehead atoms. The van der Waals surface area contributed by atoms with E-state index in [-0.39, 0.29) is 30.4 Å². The lowest BCUT2D eigenvalue weighted by Gasteiger charge is -2.31. The van der Waals surface area contributed by atoms with Gasteiger partial charge in [0.25, 0.3) is 5.91 Å². The molecular weight excluding hydrogens is 406 g/mol. The number of nitrogens with one attached hydrogen (secondary N) is 3. The number of carbonyl (C=O) groups excluding carboxylic acids is 2. The van der Waals surface area contributed by atoms with Crippen LogP contribution in [0.3, 0.4) is 0 Å². The van der Waals surface area contributed by atoms with Crippen LogP contribution in [0.2, 0.25) is 0 Å². The zero-order chi connectivity index (χ0) is 22.0. The van der Waals surface area contributed by atoms with Crippen molar-refractivity contribution in [1.29, 1.82) is 0 Å². The maximum Gasteiger partial charge on any atom is 0.255 e. The third-order valence-corrected chi connectivity index (χ3v) is 5.93. The van der Waals surface area contributed by atoms with E-state index in [9.17, 15) is 18.4 Å². The minimum absolute atomic E-state index is 0.0710. The number of aromatic amines is 1. The van der Waals surface area contributed by atoms with Gasteiger partial charge in [0.05, 0.1) is 11.8 Å². The standard InChI is InChI=1S/C21H26F2N6O2/c1-2-17(30)29-8-5-13(6-9-29)26-16-12-25-19-18(28-16)15(11-24-19)20(31)27-14-4-3-7-21(22,23)10-14/h2,11-14H,1,3-10H2,(H,24,25)(H,26,28)(H,27,31). The second-order valence-electron chi connectivity index (χ2n) is 8.23. The first kappa shape index (κ1) is 21.2. The lowest BCUT2D eigenvalue weighted by atomic mass is 9.92. The van der Waals surface area contributed by atoms with E-state index in [0.717, 1.165) is 12.8 Å². The highest BCUT2D eigenvalue weighted by Crippen LogP contribution is 2.33. The summed E-state index contributed by atoms with van der Waals surface area (Å²) in [6.45, 7) is 4.77. The number of H-pyrrole nitrogens is 1. The molecule has 3 heterocycles. The monoisotopic (exact) mass is 432 g/mol. The molecule has 4 rings (SSSR count). The van der Waals surface area contributed by atoms with Crippen LogP contribution in [0.15, 0.2) is 25.0 Å². The van der Waals surface area contributed by atoms with Gasteiger partial charge in [0.2, 0.25) is 11.8 Å². The van der Waals surface area contributed by atoms with Crippen molar-refractivity contribution < 1.29 is 18.4 Å². The van der Waals surface area contributed by atoms with Crippen molar-refractivity contribution in [1.82, 2.24) is 25.2 Å². The van der Waals surface area contributed by atoms with E-state index >= 15 is 0 Å². The fourth-order valence-corrected chi connectivity index (χ4v) is 4.27. The van der Waals surface area contributed by atoms with Gasteiger partial charge in [-0.05, 0) is 31.8 Å². The van der Waals surface area contributed by atoms with Crippen LogP contribution in [0.4, 0.5) is 14.6 Å². The first-order chi connectivity index (χ1) is 14.8. The van der Waals surface area contributed by atoms with Crippen LogP contribution in [0.5, 0.6) is 0 Å². The molecule has 1 atom stereocenters. The van der Waals surface area contributed by atoms with Crippen molar-refractivity contribution in [3.05, 3.63) is 30.6 Å². The number of fused-ring (bicyclic) bond motifs is 1. The molecule has 2 aromatic rings. The topological polar surface area (TPSA) is 103 Å². The van der Waals surface area contributed by atoms with Crippen LogP contribution in [-0.2, 0) is 4.79 Å². The van der Waals surface area contributed by atoms with E-state index in [4.69, 9.17) is 0 Å². The van der Waals surface area contributed by atoms with E-state index in [1.54, 1.807) is 11.1 Å². The van der Waals surface area contributed by atoms with E-state index in [1.165, 1.54) is 12.3 Å². The van der Waals surface area contributed by atoms with Gasteiger partial charge in [0.15, 0.2) is 5.65 Å². The number of anilines is 1. The number of hydrogen-bond donors (Lipinski definition) is 3. The van der Waals surface area contributed by atoms with Crippen molar-refractivity contribution in [3.8, 4) is 0 Å². The van der Waals surface area contributed by atoms with Crippen LogP contribution >= 0.6 is 0 Å². The number of likely N-dealkylation sites (tertiary alicyclic amines) is 1. The minimum Gasteiger partial charge on any atom is -0.366 e. The van der Waals surface area contributed by atoms with Gasteiger partial charge in [-0.1, -0.05) is 6.58 Å². The molecule has 10 heteroatoms. The van der Waals surface area contributed by atoms with Gasteiger partial charge >= 0.3 is 0 Å². The Morgan fingerprint density at radius 1 is 1.26 bits per heavy atom. The number of piperidine rings is 1. The summed E-state index contributed by atoms with van der Waals surface area (Å²) in [6, 6.07) is -0.430. The molecule has 1 aliphatic heterocycles. The highest BCUT2D eigenvalue weighted by Gasteiger charge is 2.37. The lowest BCUT2D eigenvalue weighted by Crippen LogP contribution is -2.42. The Bertz CT molecular complexity index is 983. The van der Waals surface area contributed by atoms with Crippen LogP contribution in [0, 0.1) is 0 Å². The number of alkyl halides is 2. The first-order valence-corrected chi connectivity index (χ1v) is 10.6. The molecule has 1 unspecified atom stereocenters. The quantitative estimate of drug-likeness (QED) is 0.631. The Balaban J connectivity index is 1.42. The fraction of sp³-hybridized carbons (Fsp3) is 0.524. The molecule has 31 heavy (non-hydrogen) atoms. The molecule has 166 valence electrons. The van der Waals surface area contributed by atoms with Crippen molar-refractivity contribution >= 4 is 28.8 Å². The number of nitrogens with zero attached hydrogens (tertiary/aromatic N) is 3. The molecule has 0 aromatic carbocycles. The highest BCUT2D eigenvalue weighted by atomic mass is 19.3. The molecule has 1 aliphatic carbocycles. The molecule has 2 aromatic heterocycles. The van der Waals surface area contributed by atoms with Crippen molar-refractivity contribution in [2.45, 2.75) is 56.5 Å². The Kier molecular flexibility index (Phi) is 5.88. The summed E-state index contributed by atoms with van der Waals surface area (Å²) in [5, 5.41) is 6.03. The van der Waals surface area contributed by atoms with Crippen LogP contribution < -0.4 is 10.6 Å². The number of carbonyl (C=O) groups is 2. The van der Waals surface area contributed by atoms with Crippen LogP contribution in [-0.4, -0.2) is 62.8 Å². The number of amides is 2. The second kappa shape index (κ2) is 8.60. The lowest BCUT2D eigenvalue weighted by molar-refractivity contribution is -0.126. The van der Waals surface area contributed by atoms with Crippen molar-refractivity contribution in [2.75, 3.05) is 18.4 Å². The van der Waals surface area contributed by atoms with Crippen LogP contribution in [0.1, 0.15) is 48.9 Å². The third-order valence-electron chi connectivity index (χ3n) is 5.93. The molecule has 8 nitrogen and oxygen atoms in total. The predicted molar refractivity (Wildman–Crippen MR) is 112 cm³/mol.